The van der Waals surface area contributed by atoms with Gasteiger partial charge in [0.15, 0.2) is 0 Å². The molecule has 13 heavy (non-hydrogen) atoms. The second-order valence-electron chi connectivity index (χ2n) is 4.00. The molecule has 1 atom stereocenters. The van der Waals surface area contributed by atoms with Crippen LogP contribution in [0.25, 0.3) is 0 Å². The van der Waals surface area contributed by atoms with Crippen LogP contribution < -0.4 is 5.32 Å². The summed E-state index contributed by atoms with van der Waals surface area (Å²) in [6, 6.07) is 0.670. The summed E-state index contributed by atoms with van der Waals surface area (Å²) in [5, 5.41) is 11.9. The van der Waals surface area contributed by atoms with E-state index in [0.717, 1.165) is 0 Å². The number of nitrogens with one attached hydrogen (secondary N) is 1. The number of carboxylic acids is 1. The molecule has 0 bridgehead atoms. The second-order valence-corrected chi connectivity index (χ2v) is 4.00. The van der Waals surface area contributed by atoms with Crippen LogP contribution in [0.15, 0.2) is 0 Å². The Labute approximate surface area is 79.5 Å². The molecule has 1 fully saturated rings. The highest BCUT2D eigenvalue weighted by atomic mass is 16.4. The third-order valence-corrected chi connectivity index (χ3v) is 2.61. The predicted molar refractivity (Wildman–Crippen MR) is 51.7 cm³/mol. The van der Waals surface area contributed by atoms with E-state index < -0.39 is 5.97 Å². The van der Waals surface area contributed by atoms with Gasteiger partial charge < -0.3 is 10.4 Å². The van der Waals surface area contributed by atoms with Crippen LogP contribution in [0.4, 0.5) is 0 Å². The molecule has 2 N–H and O–H groups in total. The maximum absolute atomic E-state index is 10.4. The minimum absolute atomic E-state index is 0.112. The van der Waals surface area contributed by atoms with Gasteiger partial charge in [0.25, 0.3) is 0 Å². The quantitative estimate of drug-likeness (QED) is 0.701. The zero-order valence-electron chi connectivity index (χ0n) is 8.25. The van der Waals surface area contributed by atoms with Gasteiger partial charge in [-0.2, -0.15) is 0 Å². The zero-order valence-corrected chi connectivity index (χ0v) is 8.25. The lowest BCUT2D eigenvalue weighted by atomic mass is 9.95. The normalized spacial score (nSPS) is 21.3. The van der Waals surface area contributed by atoms with E-state index in [2.05, 4.69) is 5.32 Å². The first-order chi connectivity index (χ1) is 6.18. The summed E-state index contributed by atoms with van der Waals surface area (Å²) in [5.74, 6) is -0.712. The molecule has 3 nitrogen and oxygen atoms in total. The maximum Gasteiger partial charge on any atom is 0.304 e. The highest BCUT2D eigenvalue weighted by molar-refractivity contribution is 5.67. The number of hydrogen-bond acceptors (Lipinski definition) is 2. The lowest BCUT2D eigenvalue weighted by Gasteiger charge is -2.25. The average molecular weight is 185 g/mol. The van der Waals surface area contributed by atoms with Gasteiger partial charge in [0, 0.05) is 12.1 Å². The molecule has 1 aliphatic rings. The van der Waals surface area contributed by atoms with Crippen molar-refractivity contribution in [3.05, 3.63) is 0 Å². The Morgan fingerprint density at radius 2 is 2.08 bits per heavy atom. The Balaban J connectivity index is 2.18. The molecule has 1 aliphatic carbocycles. The topological polar surface area (TPSA) is 49.3 Å². The van der Waals surface area contributed by atoms with Crippen LogP contribution in [0, 0.1) is 0 Å². The minimum atomic E-state index is -0.712. The number of rotatable bonds is 4. The first-order valence-electron chi connectivity index (χ1n) is 5.16. The van der Waals surface area contributed by atoms with Crippen molar-refractivity contribution < 1.29 is 9.90 Å². The van der Waals surface area contributed by atoms with E-state index in [9.17, 15) is 4.79 Å². The second kappa shape index (κ2) is 5.22. The summed E-state index contributed by atoms with van der Waals surface area (Å²) in [6.45, 7) is 1.95. The molecule has 1 unspecified atom stereocenters. The van der Waals surface area contributed by atoms with Crippen molar-refractivity contribution in [2.75, 3.05) is 0 Å². The van der Waals surface area contributed by atoms with Crippen LogP contribution in [-0.2, 0) is 4.79 Å². The Kier molecular flexibility index (Phi) is 4.22. The van der Waals surface area contributed by atoms with Crippen LogP contribution in [0.3, 0.4) is 0 Å². The van der Waals surface area contributed by atoms with E-state index in [1.54, 1.807) is 0 Å². The predicted octanol–water partition coefficient (Wildman–Crippen LogP) is 1.77. The van der Waals surface area contributed by atoms with Crippen LogP contribution in [0.5, 0.6) is 0 Å². The van der Waals surface area contributed by atoms with Gasteiger partial charge in [-0.1, -0.05) is 19.3 Å². The van der Waals surface area contributed by atoms with Crippen LogP contribution in [0.1, 0.15) is 45.4 Å². The standard InChI is InChI=1S/C10H19NO2/c1-8(7-10(12)13)11-9-5-3-2-4-6-9/h8-9,11H,2-7H2,1H3,(H,12,13). The van der Waals surface area contributed by atoms with Crippen molar-refractivity contribution >= 4 is 5.97 Å². The fraction of sp³-hybridized carbons (Fsp3) is 0.900. The Bertz CT molecular complexity index is 164. The Hall–Kier alpha value is -0.570. The van der Waals surface area contributed by atoms with Crippen molar-refractivity contribution in [2.24, 2.45) is 0 Å². The van der Waals surface area contributed by atoms with E-state index in [4.69, 9.17) is 5.11 Å². The molecule has 0 radical (unpaired) electrons. The smallest absolute Gasteiger partial charge is 0.304 e. The molecular weight excluding hydrogens is 166 g/mol. The molecular formula is C10H19NO2. The third kappa shape index (κ3) is 4.27. The highest BCUT2D eigenvalue weighted by Gasteiger charge is 2.16. The molecule has 0 amide bonds. The van der Waals surface area contributed by atoms with Crippen molar-refractivity contribution in [1.29, 1.82) is 0 Å². The Morgan fingerprint density at radius 3 is 2.62 bits per heavy atom. The summed E-state index contributed by atoms with van der Waals surface area (Å²) >= 11 is 0. The van der Waals surface area contributed by atoms with E-state index in [-0.39, 0.29) is 12.5 Å². The van der Waals surface area contributed by atoms with Crippen molar-refractivity contribution in [2.45, 2.75) is 57.5 Å². The summed E-state index contributed by atoms with van der Waals surface area (Å²) in [5.41, 5.74) is 0. The van der Waals surface area contributed by atoms with Gasteiger partial charge >= 0.3 is 5.97 Å². The molecule has 0 aromatic rings. The number of carboxylic acid groups (broad SMARTS) is 1. The zero-order chi connectivity index (χ0) is 9.68. The van der Waals surface area contributed by atoms with Crippen molar-refractivity contribution in [3.8, 4) is 0 Å². The molecule has 76 valence electrons. The lowest BCUT2D eigenvalue weighted by molar-refractivity contribution is -0.137. The fourth-order valence-corrected chi connectivity index (χ4v) is 1.99. The van der Waals surface area contributed by atoms with E-state index in [1.165, 1.54) is 32.1 Å². The molecule has 0 saturated heterocycles. The number of hydrogen-bond donors (Lipinski definition) is 2. The highest BCUT2D eigenvalue weighted by Crippen LogP contribution is 2.17. The third-order valence-electron chi connectivity index (χ3n) is 2.61. The molecule has 0 aromatic carbocycles. The van der Waals surface area contributed by atoms with Crippen LogP contribution >= 0.6 is 0 Å². The fourth-order valence-electron chi connectivity index (χ4n) is 1.99. The lowest BCUT2D eigenvalue weighted by Crippen LogP contribution is -2.38. The van der Waals surface area contributed by atoms with E-state index >= 15 is 0 Å². The molecule has 1 rings (SSSR count). The van der Waals surface area contributed by atoms with Gasteiger partial charge in [-0.05, 0) is 19.8 Å². The number of carbonyl (C=O) groups is 1. The summed E-state index contributed by atoms with van der Waals surface area (Å²) < 4.78 is 0. The first kappa shape index (κ1) is 10.5. The SMILES string of the molecule is CC(CC(=O)O)NC1CCCCC1. The van der Waals surface area contributed by atoms with Gasteiger partial charge in [0.05, 0.1) is 6.42 Å². The summed E-state index contributed by atoms with van der Waals surface area (Å²) in [4.78, 5) is 10.4. The van der Waals surface area contributed by atoms with Crippen molar-refractivity contribution in [1.82, 2.24) is 5.32 Å². The van der Waals surface area contributed by atoms with E-state index in [1.807, 2.05) is 6.92 Å². The average Bonchev–Trinajstić information content (AvgIpc) is 2.04. The minimum Gasteiger partial charge on any atom is -0.481 e. The van der Waals surface area contributed by atoms with Gasteiger partial charge in [-0.3, -0.25) is 4.79 Å². The van der Waals surface area contributed by atoms with Crippen LogP contribution in [0.2, 0.25) is 0 Å². The maximum atomic E-state index is 10.4. The Morgan fingerprint density at radius 1 is 1.46 bits per heavy atom. The summed E-state index contributed by atoms with van der Waals surface area (Å²) in [6.07, 6.45) is 6.57. The van der Waals surface area contributed by atoms with Gasteiger partial charge in [-0.15, -0.1) is 0 Å². The van der Waals surface area contributed by atoms with Gasteiger partial charge in [0.1, 0.15) is 0 Å². The molecule has 0 spiro atoms. The van der Waals surface area contributed by atoms with Gasteiger partial charge in [0.2, 0.25) is 0 Å². The monoisotopic (exact) mass is 185 g/mol. The molecule has 0 aliphatic heterocycles. The molecule has 3 heteroatoms. The summed E-state index contributed by atoms with van der Waals surface area (Å²) in [7, 11) is 0. The first-order valence-corrected chi connectivity index (χ1v) is 5.16. The van der Waals surface area contributed by atoms with Crippen molar-refractivity contribution in [3.63, 3.8) is 0 Å². The molecule has 0 heterocycles. The van der Waals surface area contributed by atoms with Gasteiger partial charge in [-0.25, -0.2) is 0 Å². The largest absolute Gasteiger partial charge is 0.481 e. The molecule has 1 saturated carbocycles. The molecule has 0 aromatic heterocycles. The van der Waals surface area contributed by atoms with E-state index in [0.29, 0.717) is 6.04 Å². The van der Waals surface area contributed by atoms with Crippen LogP contribution in [-0.4, -0.2) is 23.2 Å². The number of aliphatic carboxylic acids is 1.